The SMILES string of the molecule is CC(C#N)(Cc1ccccc1)C(=O)OCC(F)(F)F. The molecule has 102 valence electrons. The molecule has 0 bridgehead atoms. The van der Waals surface area contributed by atoms with E-state index < -0.39 is 24.2 Å². The van der Waals surface area contributed by atoms with E-state index in [0.29, 0.717) is 5.56 Å². The fraction of sp³-hybridized carbons (Fsp3) is 0.385. The predicted octanol–water partition coefficient (Wildman–Crippen LogP) is 2.86. The van der Waals surface area contributed by atoms with Crippen LogP contribution in [0.25, 0.3) is 0 Å². The topological polar surface area (TPSA) is 50.1 Å². The Morgan fingerprint density at radius 2 is 1.89 bits per heavy atom. The van der Waals surface area contributed by atoms with Crippen molar-refractivity contribution in [2.24, 2.45) is 5.41 Å². The molecule has 0 spiro atoms. The standard InChI is InChI=1S/C13H12F3NO2/c1-12(8-17,7-10-5-3-2-4-6-10)11(18)19-9-13(14,15)16/h2-6H,7,9H2,1H3. The molecule has 0 heterocycles. The maximum Gasteiger partial charge on any atom is 0.422 e. The summed E-state index contributed by atoms with van der Waals surface area (Å²) in [7, 11) is 0. The highest BCUT2D eigenvalue weighted by atomic mass is 19.4. The number of alkyl halides is 3. The van der Waals surface area contributed by atoms with Crippen molar-refractivity contribution >= 4 is 5.97 Å². The normalized spacial score (nSPS) is 14.3. The number of esters is 1. The smallest absolute Gasteiger partial charge is 0.422 e. The summed E-state index contributed by atoms with van der Waals surface area (Å²) in [6.45, 7) is -0.420. The number of nitrogens with zero attached hydrogens (tertiary/aromatic N) is 1. The number of benzene rings is 1. The van der Waals surface area contributed by atoms with Crippen molar-refractivity contribution in [3.63, 3.8) is 0 Å². The second-order valence-corrected chi connectivity index (χ2v) is 4.30. The van der Waals surface area contributed by atoms with Crippen LogP contribution in [0.4, 0.5) is 13.2 Å². The quantitative estimate of drug-likeness (QED) is 0.791. The molecule has 3 nitrogen and oxygen atoms in total. The highest BCUT2D eigenvalue weighted by molar-refractivity contribution is 5.80. The van der Waals surface area contributed by atoms with Gasteiger partial charge in [0, 0.05) is 6.42 Å². The van der Waals surface area contributed by atoms with Crippen molar-refractivity contribution in [2.45, 2.75) is 19.5 Å². The number of nitriles is 1. The van der Waals surface area contributed by atoms with E-state index in [9.17, 15) is 18.0 Å². The maximum absolute atomic E-state index is 12.0. The van der Waals surface area contributed by atoms with Crippen LogP contribution in [0, 0.1) is 16.7 Å². The van der Waals surface area contributed by atoms with Gasteiger partial charge in [0.1, 0.15) is 0 Å². The summed E-state index contributed by atoms with van der Waals surface area (Å²) in [6.07, 6.45) is -4.60. The molecule has 1 unspecified atom stereocenters. The lowest BCUT2D eigenvalue weighted by molar-refractivity contribution is -0.191. The molecule has 0 fully saturated rings. The average Bonchev–Trinajstić information content (AvgIpc) is 2.36. The van der Waals surface area contributed by atoms with Crippen molar-refractivity contribution in [1.82, 2.24) is 0 Å². The van der Waals surface area contributed by atoms with Gasteiger partial charge in [-0.05, 0) is 12.5 Å². The average molecular weight is 271 g/mol. The first-order valence-corrected chi connectivity index (χ1v) is 5.46. The van der Waals surface area contributed by atoms with Gasteiger partial charge in [-0.15, -0.1) is 0 Å². The minimum atomic E-state index is -4.60. The van der Waals surface area contributed by atoms with Crippen LogP contribution in [0.3, 0.4) is 0 Å². The van der Waals surface area contributed by atoms with Gasteiger partial charge in [-0.25, -0.2) is 0 Å². The van der Waals surface area contributed by atoms with Gasteiger partial charge in [0.05, 0.1) is 6.07 Å². The lowest BCUT2D eigenvalue weighted by Crippen LogP contribution is -2.33. The summed E-state index contributed by atoms with van der Waals surface area (Å²) < 4.78 is 40.1. The van der Waals surface area contributed by atoms with E-state index in [1.165, 1.54) is 6.92 Å². The van der Waals surface area contributed by atoms with E-state index in [-0.39, 0.29) is 6.42 Å². The minimum absolute atomic E-state index is 0.00102. The first-order chi connectivity index (χ1) is 8.77. The predicted molar refractivity (Wildman–Crippen MR) is 60.9 cm³/mol. The van der Waals surface area contributed by atoms with Gasteiger partial charge in [-0.3, -0.25) is 4.79 Å². The molecule has 1 rings (SSSR count). The molecule has 6 heteroatoms. The molecule has 0 radical (unpaired) electrons. The number of hydrogen-bond acceptors (Lipinski definition) is 3. The van der Waals surface area contributed by atoms with Crippen LogP contribution in [0.2, 0.25) is 0 Å². The van der Waals surface area contributed by atoms with E-state index >= 15 is 0 Å². The summed E-state index contributed by atoms with van der Waals surface area (Å²) in [6, 6.07) is 10.3. The van der Waals surface area contributed by atoms with Crippen LogP contribution in [0.15, 0.2) is 30.3 Å². The molecule has 0 aliphatic carbocycles. The van der Waals surface area contributed by atoms with Gasteiger partial charge in [0.2, 0.25) is 0 Å². The van der Waals surface area contributed by atoms with E-state index in [4.69, 9.17) is 5.26 Å². The number of rotatable bonds is 4. The van der Waals surface area contributed by atoms with Gasteiger partial charge in [-0.2, -0.15) is 18.4 Å². The third-order valence-corrected chi connectivity index (χ3v) is 2.46. The Kier molecular flexibility index (Phi) is 4.54. The third-order valence-electron chi connectivity index (χ3n) is 2.46. The molecular formula is C13H12F3NO2. The van der Waals surface area contributed by atoms with Crippen LogP contribution in [0.5, 0.6) is 0 Å². The molecule has 1 atom stereocenters. The zero-order valence-corrected chi connectivity index (χ0v) is 10.2. The molecule has 0 aromatic heterocycles. The van der Waals surface area contributed by atoms with Gasteiger partial charge < -0.3 is 4.74 Å². The first kappa shape index (κ1) is 15.0. The molecule has 0 amide bonds. The van der Waals surface area contributed by atoms with E-state index in [0.717, 1.165) is 0 Å². The highest BCUT2D eigenvalue weighted by Gasteiger charge is 2.38. The molecule has 0 aliphatic rings. The monoisotopic (exact) mass is 271 g/mol. The van der Waals surface area contributed by atoms with Crippen molar-refractivity contribution < 1.29 is 22.7 Å². The van der Waals surface area contributed by atoms with Gasteiger partial charge in [-0.1, -0.05) is 30.3 Å². The fourth-order valence-corrected chi connectivity index (χ4v) is 1.47. The molecule has 0 N–H and O–H groups in total. The van der Waals surface area contributed by atoms with Gasteiger partial charge >= 0.3 is 12.1 Å². The highest BCUT2D eigenvalue weighted by Crippen LogP contribution is 2.25. The Bertz CT molecular complexity index is 479. The number of ether oxygens (including phenoxy) is 1. The van der Waals surface area contributed by atoms with Crippen LogP contribution in [-0.2, 0) is 16.0 Å². The lowest BCUT2D eigenvalue weighted by Gasteiger charge is -2.20. The van der Waals surface area contributed by atoms with Crippen molar-refractivity contribution in [2.75, 3.05) is 6.61 Å². The van der Waals surface area contributed by atoms with Crippen LogP contribution < -0.4 is 0 Å². The van der Waals surface area contributed by atoms with Gasteiger partial charge in [0.25, 0.3) is 0 Å². The zero-order chi connectivity index (χ0) is 14.5. The lowest BCUT2D eigenvalue weighted by atomic mass is 9.85. The van der Waals surface area contributed by atoms with Crippen LogP contribution in [-0.4, -0.2) is 18.8 Å². The van der Waals surface area contributed by atoms with Crippen molar-refractivity contribution in [3.8, 4) is 6.07 Å². The molecule has 19 heavy (non-hydrogen) atoms. The number of carbonyl (C=O) groups excluding carboxylic acids is 1. The summed E-state index contributed by atoms with van der Waals surface area (Å²) in [5.41, 5.74) is -0.956. The summed E-state index contributed by atoms with van der Waals surface area (Å²) >= 11 is 0. The van der Waals surface area contributed by atoms with Crippen LogP contribution in [0.1, 0.15) is 12.5 Å². The third kappa shape index (κ3) is 4.62. The Hall–Kier alpha value is -2.03. The molecule has 0 aliphatic heterocycles. The summed E-state index contributed by atoms with van der Waals surface area (Å²) in [4.78, 5) is 11.6. The summed E-state index contributed by atoms with van der Waals surface area (Å²) in [5.74, 6) is -1.17. The largest absolute Gasteiger partial charge is 0.455 e. The Labute approximate surface area is 108 Å². The number of halogens is 3. The van der Waals surface area contributed by atoms with Crippen molar-refractivity contribution in [3.05, 3.63) is 35.9 Å². The zero-order valence-electron chi connectivity index (χ0n) is 10.2. The fourth-order valence-electron chi connectivity index (χ4n) is 1.47. The second-order valence-electron chi connectivity index (χ2n) is 4.30. The Morgan fingerprint density at radius 3 is 2.37 bits per heavy atom. The summed E-state index contributed by atoms with van der Waals surface area (Å²) in [5, 5.41) is 9.01. The Balaban J connectivity index is 2.75. The molecular weight excluding hydrogens is 259 g/mol. The van der Waals surface area contributed by atoms with Gasteiger partial charge in [0.15, 0.2) is 12.0 Å². The van der Waals surface area contributed by atoms with E-state index in [2.05, 4.69) is 4.74 Å². The Morgan fingerprint density at radius 1 is 1.32 bits per heavy atom. The van der Waals surface area contributed by atoms with E-state index in [1.807, 2.05) is 0 Å². The van der Waals surface area contributed by atoms with Crippen molar-refractivity contribution in [1.29, 1.82) is 5.26 Å². The van der Waals surface area contributed by atoms with Crippen LogP contribution >= 0.6 is 0 Å². The molecule has 0 saturated carbocycles. The number of carbonyl (C=O) groups is 1. The second kappa shape index (κ2) is 5.74. The molecule has 0 saturated heterocycles. The maximum atomic E-state index is 12.0. The number of hydrogen-bond donors (Lipinski definition) is 0. The molecule has 1 aromatic carbocycles. The minimum Gasteiger partial charge on any atom is -0.455 e. The molecule has 1 aromatic rings. The first-order valence-electron chi connectivity index (χ1n) is 5.46. The van der Waals surface area contributed by atoms with E-state index in [1.54, 1.807) is 36.4 Å².